The minimum Gasteiger partial charge on any atom is -0.212 e. The first-order valence-electron chi connectivity index (χ1n) is 6.44. The zero-order chi connectivity index (χ0) is 12.2. The molecule has 3 aliphatic carbocycles. The van der Waals surface area contributed by atoms with Gasteiger partial charge in [-0.2, -0.15) is 0 Å². The first kappa shape index (κ1) is 11.9. The predicted octanol–water partition coefficient (Wildman–Crippen LogP) is 5.17. The van der Waals surface area contributed by atoms with Crippen LogP contribution in [0.15, 0.2) is 33.2 Å². The van der Waals surface area contributed by atoms with E-state index in [-0.39, 0.29) is 11.2 Å². The van der Waals surface area contributed by atoms with E-state index in [4.69, 9.17) is 0 Å². The number of allylic oxidation sites excluding steroid dienone is 6. The molecule has 0 nitrogen and oxygen atoms in total. The highest BCUT2D eigenvalue weighted by atomic mass is 127. The topological polar surface area (TPSA) is 0 Å². The van der Waals surface area contributed by atoms with Crippen LogP contribution in [0.25, 0.3) is 0 Å². The molecule has 0 aromatic heterocycles. The molecule has 2 heteroatoms. The summed E-state index contributed by atoms with van der Waals surface area (Å²) in [5.74, 6) is 1.85. The Hall–Kier alpha value is -0.120. The number of fused-ring (bicyclic) bond motifs is 3. The molecule has 0 aromatic rings. The van der Waals surface area contributed by atoms with Crippen molar-refractivity contribution in [3.8, 4) is 0 Å². The molecule has 3 unspecified atom stereocenters. The molecule has 92 valence electrons. The minimum absolute atomic E-state index is 0.112. The summed E-state index contributed by atoms with van der Waals surface area (Å²) in [7, 11) is 0. The van der Waals surface area contributed by atoms with E-state index in [1.807, 2.05) is 6.08 Å². The smallest absolute Gasteiger partial charge is 0.0963 e. The zero-order valence-electron chi connectivity index (χ0n) is 10.3. The van der Waals surface area contributed by atoms with E-state index < -0.39 is 0 Å². The summed E-state index contributed by atoms with van der Waals surface area (Å²) in [6.45, 7) is 4.58. The van der Waals surface area contributed by atoms with Gasteiger partial charge >= 0.3 is 0 Å². The number of hydrogen-bond acceptors (Lipinski definition) is 0. The van der Waals surface area contributed by atoms with Crippen molar-refractivity contribution in [3.05, 3.63) is 33.2 Å². The molecule has 17 heavy (non-hydrogen) atoms. The van der Waals surface area contributed by atoms with E-state index in [9.17, 15) is 4.39 Å². The van der Waals surface area contributed by atoms with Gasteiger partial charge in [-0.25, -0.2) is 4.39 Å². The van der Waals surface area contributed by atoms with Gasteiger partial charge in [0.1, 0.15) is 0 Å². The summed E-state index contributed by atoms with van der Waals surface area (Å²) in [5, 5.41) is 0. The molecular weight excluding hydrogens is 326 g/mol. The van der Waals surface area contributed by atoms with Crippen molar-refractivity contribution in [2.75, 3.05) is 0 Å². The van der Waals surface area contributed by atoms with Gasteiger partial charge in [-0.05, 0) is 77.2 Å². The van der Waals surface area contributed by atoms with Crippen LogP contribution < -0.4 is 0 Å². The number of rotatable bonds is 0. The van der Waals surface area contributed by atoms with Crippen LogP contribution in [0.1, 0.15) is 33.1 Å². The Morgan fingerprint density at radius 1 is 1.41 bits per heavy atom. The van der Waals surface area contributed by atoms with Crippen molar-refractivity contribution in [2.45, 2.75) is 33.1 Å². The highest BCUT2D eigenvalue weighted by molar-refractivity contribution is 14.1. The van der Waals surface area contributed by atoms with E-state index in [1.165, 1.54) is 3.58 Å². The Bertz CT molecular complexity index is 442. The molecule has 3 aliphatic rings. The summed E-state index contributed by atoms with van der Waals surface area (Å²) >= 11 is 2.40. The van der Waals surface area contributed by atoms with Crippen LogP contribution in [-0.2, 0) is 0 Å². The maximum atomic E-state index is 13.5. The molecular formula is C15H18FI. The Balaban J connectivity index is 2.06. The highest BCUT2D eigenvalue weighted by Crippen LogP contribution is 2.60. The van der Waals surface area contributed by atoms with Crippen LogP contribution in [0.3, 0.4) is 0 Å². The van der Waals surface area contributed by atoms with Crippen molar-refractivity contribution in [3.63, 3.8) is 0 Å². The lowest BCUT2D eigenvalue weighted by molar-refractivity contribution is 0.243. The van der Waals surface area contributed by atoms with E-state index in [1.54, 1.807) is 5.57 Å². The molecule has 1 saturated carbocycles. The fourth-order valence-electron chi connectivity index (χ4n) is 4.02. The first-order valence-corrected chi connectivity index (χ1v) is 7.52. The van der Waals surface area contributed by atoms with Crippen molar-refractivity contribution in [1.29, 1.82) is 0 Å². The normalized spacial score (nSPS) is 38.8. The third-order valence-electron chi connectivity index (χ3n) is 4.89. The van der Waals surface area contributed by atoms with E-state index in [0.717, 1.165) is 12.8 Å². The fraction of sp³-hybridized carbons (Fsp3) is 0.600. The van der Waals surface area contributed by atoms with Crippen molar-refractivity contribution >= 4 is 22.6 Å². The van der Waals surface area contributed by atoms with Gasteiger partial charge < -0.3 is 0 Å². The second-order valence-electron chi connectivity index (χ2n) is 6.09. The van der Waals surface area contributed by atoms with E-state index in [0.29, 0.717) is 24.2 Å². The van der Waals surface area contributed by atoms with Gasteiger partial charge in [0, 0.05) is 3.58 Å². The van der Waals surface area contributed by atoms with Crippen molar-refractivity contribution in [1.82, 2.24) is 0 Å². The Labute approximate surface area is 116 Å². The molecule has 0 radical (unpaired) electrons. The lowest BCUT2D eigenvalue weighted by Crippen LogP contribution is -2.24. The third-order valence-corrected chi connectivity index (χ3v) is 5.64. The Kier molecular flexibility index (Phi) is 2.77. The molecule has 3 atom stereocenters. The average Bonchev–Trinajstić information content (AvgIpc) is 2.49. The third kappa shape index (κ3) is 1.74. The molecule has 0 aliphatic heterocycles. The Morgan fingerprint density at radius 3 is 2.94 bits per heavy atom. The molecule has 0 amide bonds. The van der Waals surface area contributed by atoms with Gasteiger partial charge in [0.2, 0.25) is 0 Å². The molecule has 0 saturated heterocycles. The van der Waals surface area contributed by atoms with Gasteiger partial charge in [0.15, 0.2) is 0 Å². The zero-order valence-corrected chi connectivity index (χ0v) is 12.5. The SMILES string of the molecule is CC1(C)C2=CC(I)=CCC2C2CCC(F)=CC21. The summed E-state index contributed by atoms with van der Waals surface area (Å²) in [6.07, 6.45) is 9.44. The standard InChI is InChI=1S/C15H18FI/c1-15(2)13-7-9(16)3-5-11(13)12-6-4-10(17)8-14(12)15/h4,7-8,11-13H,3,5-6H2,1-2H3. The Morgan fingerprint density at radius 2 is 2.18 bits per heavy atom. The van der Waals surface area contributed by atoms with Crippen LogP contribution in [0, 0.1) is 23.2 Å². The van der Waals surface area contributed by atoms with Crippen LogP contribution in [-0.4, -0.2) is 0 Å². The summed E-state index contributed by atoms with van der Waals surface area (Å²) in [4.78, 5) is 0. The maximum Gasteiger partial charge on any atom is 0.0963 e. The highest BCUT2D eigenvalue weighted by Gasteiger charge is 2.51. The maximum absolute atomic E-state index is 13.5. The lowest BCUT2D eigenvalue weighted by atomic mass is 9.73. The van der Waals surface area contributed by atoms with Gasteiger partial charge in [0.05, 0.1) is 5.83 Å². The van der Waals surface area contributed by atoms with E-state index >= 15 is 0 Å². The molecule has 0 heterocycles. The molecule has 3 rings (SSSR count). The van der Waals surface area contributed by atoms with Crippen LogP contribution >= 0.6 is 22.6 Å². The fourth-order valence-corrected chi connectivity index (χ4v) is 4.61. The lowest BCUT2D eigenvalue weighted by Gasteiger charge is -2.31. The summed E-state index contributed by atoms with van der Waals surface area (Å²) in [6, 6.07) is 0. The monoisotopic (exact) mass is 344 g/mol. The molecule has 0 N–H and O–H groups in total. The second-order valence-corrected chi connectivity index (χ2v) is 7.34. The largest absolute Gasteiger partial charge is 0.212 e. The minimum atomic E-state index is 0.112. The predicted molar refractivity (Wildman–Crippen MR) is 77.5 cm³/mol. The van der Waals surface area contributed by atoms with E-state index in [2.05, 4.69) is 48.6 Å². The summed E-state index contributed by atoms with van der Waals surface area (Å²) < 4.78 is 14.9. The molecule has 0 aromatic carbocycles. The average molecular weight is 344 g/mol. The van der Waals surface area contributed by atoms with Crippen LogP contribution in [0.2, 0.25) is 0 Å². The van der Waals surface area contributed by atoms with Crippen LogP contribution in [0.5, 0.6) is 0 Å². The molecule has 0 bridgehead atoms. The van der Waals surface area contributed by atoms with Gasteiger partial charge in [0.25, 0.3) is 0 Å². The van der Waals surface area contributed by atoms with Gasteiger partial charge in [-0.15, -0.1) is 0 Å². The van der Waals surface area contributed by atoms with Crippen molar-refractivity contribution in [2.24, 2.45) is 23.2 Å². The first-order chi connectivity index (χ1) is 8.00. The molecule has 0 spiro atoms. The summed E-state index contributed by atoms with van der Waals surface area (Å²) in [5.41, 5.74) is 1.70. The van der Waals surface area contributed by atoms with Crippen molar-refractivity contribution < 1.29 is 4.39 Å². The van der Waals surface area contributed by atoms with Gasteiger partial charge in [-0.3, -0.25) is 0 Å². The van der Waals surface area contributed by atoms with Crippen LogP contribution in [0.4, 0.5) is 4.39 Å². The molecule has 1 fully saturated rings. The second kappa shape index (κ2) is 3.94. The number of halogens is 2. The quantitative estimate of drug-likeness (QED) is 0.532. The number of hydrogen-bond donors (Lipinski definition) is 0. The van der Waals surface area contributed by atoms with Gasteiger partial charge in [-0.1, -0.05) is 25.5 Å².